The summed E-state index contributed by atoms with van der Waals surface area (Å²) in [7, 11) is 0. The molecular weight excluding hydrogens is 310 g/mol. The molecule has 0 spiro atoms. The van der Waals surface area contributed by atoms with Crippen molar-refractivity contribution in [3.63, 3.8) is 0 Å². The third-order valence-corrected chi connectivity index (χ3v) is 4.57. The molecule has 0 amide bonds. The molecule has 0 radical (unpaired) electrons. The van der Waals surface area contributed by atoms with Gasteiger partial charge in [-0.2, -0.15) is 11.3 Å². The lowest BCUT2D eigenvalue weighted by Gasteiger charge is -2.24. The number of aromatic nitrogens is 4. The smallest absolute Gasteiger partial charge is 0.119 e. The van der Waals surface area contributed by atoms with Gasteiger partial charge in [0.05, 0.1) is 24.9 Å². The van der Waals surface area contributed by atoms with Gasteiger partial charge >= 0.3 is 0 Å². The summed E-state index contributed by atoms with van der Waals surface area (Å²) in [5.74, 6) is 0. The molecule has 1 N–H and O–H groups in total. The molecule has 1 aliphatic rings. The summed E-state index contributed by atoms with van der Waals surface area (Å²) in [4.78, 5) is 4.11. The first-order chi connectivity index (χ1) is 11.4. The lowest BCUT2D eigenvalue weighted by atomic mass is 10.2. The van der Waals surface area contributed by atoms with Crippen LogP contribution in [0, 0.1) is 0 Å². The highest BCUT2D eigenvalue weighted by atomic mass is 32.1. The van der Waals surface area contributed by atoms with Crippen molar-refractivity contribution in [2.24, 2.45) is 0 Å². The van der Waals surface area contributed by atoms with Crippen LogP contribution in [-0.2, 0) is 24.4 Å². The lowest BCUT2D eigenvalue weighted by Crippen LogP contribution is -2.36. The Hall–Kier alpha value is -2.09. The van der Waals surface area contributed by atoms with Gasteiger partial charge in [-0.05, 0) is 23.1 Å². The first-order valence-electron chi connectivity index (χ1n) is 7.56. The maximum atomic E-state index is 5.96. The molecule has 0 aliphatic carbocycles. The van der Waals surface area contributed by atoms with Gasteiger partial charge < -0.3 is 10.1 Å². The number of pyridine rings is 1. The molecule has 7 heteroatoms. The normalized spacial score (nSPS) is 17.1. The zero-order valence-electron chi connectivity index (χ0n) is 12.6. The van der Waals surface area contributed by atoms with E-state index in [1.807, 2.05) is 16.9 Å². The van der Waals surface area contributed by atoms with Crippen molar-refractivity contribution < 1.29 is 4.74 Å². The molecule has 3 aromatic rings. The van der Waals surface area contributed by atoms with Crippen LogP contribution in [0.2, 0.25) is 0 Å². The third-order valence-electron chi connectivity index (χ3n) is 3.89. The Morgan fingerprint density at radius 3 is 3.22 bits per heavy atom. The average molecular weight is 327 g/mol. The van der Waals surface area contributed by atoms with E-state index < -0.39 is 0 Å². The van der Waals surface area contributed by atoms with Gasteiger partial charge in [0.2, 0.25) is 0 Å². The second-order valence-corrected chi connectivity index (χ2v) is 6.28. The minimum absolute atomic E-state index is 0.108. The number of fused-ring (bicyclic) bond motifs is 1. The number of hydrogen-bond donors (Lipinski definition) is 1. The van der Waals surface area contributed by atoms with Crippen molar-refractivity contribution in [2.75, 3.05) is 6.54 Å². The minimum Gasteiger partial charge on any atom is -0.369 e. The van der Waals surface area contributed by atoms with Crippen LogP contribution in [0.1, 0.15) is 11.3 Å². The molecule has 4 rings (SSSR count). The largest absolute Gasteiger partial charge is 0.369 e. The summed E-state index contributed by atoms with van der Waals surface area (Å²) in [6.07, 6.45) is 3.76. The molecule has 3 aromatic heterocycles. The highest BCUT2D eigenvalue weighted by Gasteiger charge is 2.24. The number of hydrogen-bond acceptors (Lipinski definition) is 6. The van der Waals surface area contributed by atoms with Crippen LogP contribution in [0.4, 0.5) is 0 Å². The molecule has 0 bridgehead atoms. The molecule has 0 saturated carbocycles. The van der Waals surface area contributed by atoms with Crippen molar-refractivity contribution in [3.8, 4) is 11.3 Å². The number of ether oxygens (including phenoxy) is 1. The van der Waals surface area contributed by atoms with Crippen LogP contribution in [0.15, 0.2) is 41.4 Å². The SMILES string of the molecule is c1cncc(CNC[C@@H]2Cn3nnc(-c4ccsc4)c3CO2)c1. The molecule has 0 unspecified atom stereocenters. The van der Waals surface area contributed by atoms with Gasteiger partial charge in [0.25, 0.3) is 0 Å². The summed E-state index contributed by atoms with van der Waals surface area (Å²) in [6, 6.07) is 6.07. The van der Waals surface area contributed by atoms with Gasteiger partial charge in [-0.3, -0.25) is 4.98 Å². The Balaban J connectivity index is 1.36. The zero-order chi connectivity index (χ0) is 15.5. The van der Waals surface area contributed by atoms with Crippen LogP contribution in [0.5, 0.6) is 0 Å². The van der Waals surface area contributed by atoms with Gasteiger partial charge in [-0.15, -0.1) is 5.10 Å². The summed E-state index contributed by atoms with van der Waals surface area (Å²) >= 11 is 1.67. The first-order valence-corrected chi connectivity index (χ1v) is 8.50. The standard InChI is InChI=1S/C16H17N5OS/c1-2-12(6-17-4-1)7-18-8-14-9-21-15(10-22-14)16(19-20-21)13-3-5-23-11-13/h1-6,11,14,18H,7-10H2/t14-/m1/s1. The van der Waals surface area contributed by atoms with E-state index in [-0.39, 0.29) is 6.10 Å². The van der Waals surface area contributed by atoms with Gasteiger partial charge in [0, 0.05) is 36.4 Å². The first kappa shape index (κ1) is 14.5. The Labute approximate surface area is 138 Å². The number of nitrogens with zero attached hydrogens (tertiary/aromatic N) is 4. The molecule has 118 valence electrons. The van der Waals surface area contributed by atoms with Crippen molar-refractivity contribution in [2.45, 2.75) is 25.8 Å². The van der Waals surface area contributed by atoms with Gasteiger partial charge in [0.1, 0.15) is 5.69 Å². The molecule has 1 atom stereocenters. The monoisotopic (exact) mass is 327 g/mol. The van der Waals surface area contributed by atoms with E-state index in [2.05, 4.69) is 43.5 Å². The van der Waals surface area contributed by atoms with E-state index in [0.29, 0.717) is 6.61 Å². The van der Waals surface area contributed by atoms with Crippen LogP contribution in [0.25, 0.3) is 11.3 Å². The molecule has 4 heterocycles. The van der Waals surface area contributed by atoms with Gasteiger partial charge in [0.15, 0.2) is 0 Å². The van der Waals surface area contributed by atoms with Crippen molar-refractivity contribution >= 4 is 11.3 Å². The maximum absolute atomic E-state index is 5.96. The molecule has 23 heavy (non-hydrogen) atoms. The molecular formula is C16H17N5OS. The highest BCUT2D eigenvalue weighted by Crippen LogP contribution is 2.26. The van der Waals surface area contributed by atoms with E-state index in [4.69, 9.17) is 4.74 Å². The van der Waals surface area contributed by atoms with E-state index in [9.17, 15) is 0 Å². The van der Waals surface area contributed by atoms with E-state index >= 15 is 0 Å². The fourth-order valence-corrected chi connectivity index (χ4v) is 3.33. The highest BCUT2D eigenvalue weighted by molar-refractivity contribution is 7.08. The van der Waals surface area contributed by atoms with Gasteiger partial charge in [-0.25, -0.2) is 4.68 Å². The molecule has 0 aromatic carbocycles. The molecule has 0 saturated heterocycles. The third kappa shape index (κ3) is 3.17. The van der Waals surface area contributed by atoms with E-state index in [0.717, 1.165) is 36.6 Å². The molecule has 6 nitrogen and oxygen atoms in total. The van der Waals surface area contributed by atoms with Crippen molar-refractivity contribution in [1.82, 2.24) is 25.3 Å². The number of thiophene rings is 1. The zero-order valence-corrected chi connectivity index (χ0v) is 13.4. The lowest BCUT2D eigenvalue weighted by molar-refractivity contribution is 0.00125. The van der Waals surface area contributed by atoms with Crippen LogP contribution >= 0.6 is 11.3 Å². The van der Waals surface area contributed by atoms with Crippen LogP contribution in [-0.4, -0.2) is 32.6 Å². The summed E-state index contributed by atoms with van der Waals surface area (Å²) < 4.78 is 7.93. The topological polar surface area (TPSA) is 64.9 Å². The minimum atomic E-state index is 0.108. The van der Waals surface area contributed by atoms with Crippen LogP contribution in [0.3, 0.4) is 0 Å². The Morgan fingerprint density at radius 1 is 1.39 bits per heavy atom. The Kier molecular flexibility index (Phi) is 4.14. The molecule has 1 aliphatic heterocycles. The second-order valence-electron chi connectivity index (χ2n) is 5.50. The Bertz CT molecular complexity index is 756. The quantitative estimate of drug-likeness (QED) is 0.777. The summed E-state index contributed by atoms with van der Waals surface area (Å²) in [5.41, 5.74) is 4.29. The summed E-state index contributed by atoms with van der Waals surface area (Å²) in [5, 5.41) is 16.1. The number of rotatable bonds is 5. The second kappa shape index (κ2) is 6.57. The predicted octanol–water partition coefficient (Wildman–Crippen LogP) is 2.09. The van der Waals surface area contributed by atoms with Crippen LogP contribution < -0.4 is 5.32 Å². The average Bonchev–Trinajstić information content (AvgIpc) is 3.24. The Morgan fingerprint density at radius 2 is 2.39 bits per heavy atom. The van der Waals surface area contributed by atoms with Crippen molar-refractivity contribution in [3.05, 3.63) is 52.6 Å². The van der Waals surface area contributed by atoms with Crippen molar-refractivity contribution in [1.29, 1.82) is 0 Å². The number of nitrogens with one attached hydrogen (secondary N) is 1. The molecule has 0 fully saturated rings. The van der Waals surface area contributed by atoms with Gasteiger partial charge in [-0.1, -0.05) is 11.3 Å². The van der Waals surface area contributed by atoms with E-state index in [1.165, 1.54) is 5.56 Å². The predicted molar refractivity (Wildman–Crippen MR) is 87.9 cm³/mol. The fourth-order valence-electron chi connectivity index (χ4n) is 2.69. The van der Waals surface area contributed by atoms with E-state index in [1.54, 1.807) is 17.5 Å². The maximum Gasteiger partial charge on any atom is 0.119 e. The summed E-state index contributed by atoms with van der Waals surface area (Å²) in [6.45, 7) is 2.85. The fraction of sp³-hybridized carbons (Fsp3) is 0.312.